The van der Waals surface area contributed by atoms with Crippen LogP contribution < -0.4 is 0 Å². The lowest BCUT2D eigenvalue weighted by Crippen LogP contribution is -2.14. The third kappa shape index (κ3) is 13.4. The molecule has 21 aromatic carbocycles. The molecule has 5 heteroatoms. The highest BCUT2D eigenvalue weighted by Crippen LogP contribution is 2.60. The molecule has 3 aliphatic carbocycles. The van der Waals surface area contributed by atoms with Crippen LogP contribution in [0.5, 0.6) is 0 Å². The van der Waals surface area contributed by atoms with Crippen molar-refractivity contribution in [2.45, 2.75) is 57.8 Å². The molecule has 3 aliphatic rings. The van der Waals surface area contributed by atoms with Crippen LogP contribution in [0, 0.1) is 0 Å². The van der Waals surface area contributed by atoms with Crippen LogP contribution in [0.3, 0.4) is 0 Å². The van der Waals surface area contributed by atoms with Gasteiger partial charge in [-0.25, -0.2) is 19.9 Å². The maximum absolute atomic E-state index is 5.42. The zero-order valence-electron chi connectivity index (χ0n) is 77.0. The van der Waals surface area contributed by atoms with Crippen LogP contribution in [0.25, 0.3) is 231 Å². The maximum atomic E-state index is 5.42. The van der Waals surface area contributed by atoms with E-state index in [-0.39, 0.29) is 16.2 Å². The van der Waals surface area contributed by atoms with Crippen LogP contribution in [-0.4, -0.2) is 24.9 Å². The first-order chi connectivity index (χ1) is 67.3. The van der Waals surface area contributed by atoms with Gasteiger partial charge in [-0.2, -0.15) is 0 Å². The first-order valence-corrected chi connectivity index (χ1v) is 47.6. The smallest absolute Gasteiger partial charge is 0.115 e. The fourth-order valence-electron chi connectivity index (χ4n) is 23.3. The summed E-state index contributed by atoms with van der Waals surface area (Å²) in [7, 11) is 0. The molecule has 0 N–H and O–H groups in total. The molecule has 24 aromatic rings. The van der Waals surface area contributed by atoms with Crippen LogP contribution in [0.15, 0.2) is 456 Å². The predicted molar refractivity (Wildman–Crippen MR) is 575 cm³/mol. The van der Waals surface area contributed by atoms with Crippen molar-refractivity contribution in [3.05, 3.63) is 489 Å². The number of aromatic nitrogens is 5. The van der Waals surface area contributed by atoms with Gasteiger partial charge in [0.25, 0.3) is 0 Å². The fraction of sp³-hybridized carbons (Fsp3) is 0.0682. The summed E-state index contributed by atoms with van der Waals surface area (Å²) in [6.07, 6.45) is 7.39. The number of benzene rings is 21. The van der Waals surface area contributed by atoms with Gasteiger partial charge in [-0.15, -0.1) is 0 Å². The van der Waals surface area contributed by atoms with E-state index in [1.807, 2.05) is 42.9 Å². The monoisotopic (exact) mass is 1750 g/mol. The SMILES string of the molecule is CC1(C)c2ccccc2-c2c(-c3c4ccccc4c(-c4cc(-c5ccccc5)c5ccccc5n4)c4ccc(-c5ccccc5)cc34)cccc21.CC1(C)c2ccccc2-c2c(-c3c4ccccc4c(-c4cnc5ccccc5n4)c4ccc(-c5ccccc5)cc34)cccc21.CC1(C)c2ccccc2-c2c(-c3c4ccccc4c(-c4cncnc4)c4ccc(-c5ccccc5)cc34)cccc21. The lowest BCUT2D eigenvalue weighted by atomic mass is 9.80. The quantitative estimate of drug-likeness (QED) is 0.128. The number of para-hydroxylation sites is 3. The molecule has 0 unspecified atom stereocenters. The molecule has 0 amide bonds. The Balaban J connectivity index is 0.000000110. The number of fused-ring (bicyclic) bond motifs is 17. The Hall–Kier alpha value is -17.0. The highest BCUT2D eigenvalue weighted by atomic mass is 14.8. The van der Waals surface area contributed by atoms with Crippen LogP contribution >= 0.6 is 0 Å². The molecule has 0 aliphatic heterocycles. The second-order valence-corrected chi connectivity index (χ2v) is 38.3. The van der Waals surface area contributed by atoms with Gasteiger partial charge in [0.1, 0.15) is 6.33 Å². The highest BCUT2D eigenvalue weighted by Gasteiger charge is 2.41. The van der Waals surface area contributed by atoms with Gasteiger partial charge in [0, 0.05) is 56.3 Å². The highest BCUT2D eigenvalue weighted by molar-refractivity contribution is 6.27. The molecule has 3 aromatic heterocycles. The second kappa shape index (κ2) is 32.7. The number of hydrogen-bond donors (Lipinski definition) is 0. The van der Waals surface area contributed by atoms with Crippen LogP contribution in [0.1, 0.15) is 74.9 Å². The van der Waals surface area contributed by atoms with Crippen molar-refractivity contribution in [3.8, 4) is 145 Å². The van der Waals surface area contributed by atoms with Crippen molar-refractivity contribution >= 4 is 86.6 Å². The molecule has 0 spiro atoms. The maximum Gasteiger partial charge on any atom is 0.115 e. The van der Waals surface area contributed by atoms with Gasteiger partial charge >= 0.3 is 0 Å². The van der Waals surface area contributed by atoms with E-state index in [0.717, 1.165) is 44.5 Å². The normalized spacial score (nSPS) is 13.2. The summed E-state index contributed by atoms with van der Waals surface area (Å²) in [5.41, 5.74) is 42.5. The summed E-state index contributed by atoms with van der Waals surface area (Å²) in [5, 5.41) is 15.7. The number of rotatable bonds is 10. The number of pyridine rings is 1. The van der Waals surface area contributed by atoms with Crippen molar-refractivity contribution in [1.82, 2.24) is 24.9 Å². The summed E-state index contributed by atoms with van der Waals surface area (Å²) < 4.78 is 0. The summed E-state index contributed by atoms with van der Waals surface area (Å²) in [6.45, 7) is 14.1. The van der Waals surface area contributed by atoms with Gasteiger partial charge < -0.3 is 0 Å². The Morgan fingerprint density at radius 1 is 0.161 bits per heavy atom. The standard InChI is InChI=1S/C50H35N.C43H30N2.C39H28N2/c1-50(2)43-25-13-11-23-39(43)48-40(24-15-26-44(48)50)47-36-21-9-10-22-37(36)49(38-29-28-34(30-42(38)47)32-16-5-3-6-17-32)46-31-41(33-18-7-4-8-19-33)35-20-12-14-27-45(35)51-46;1-43(2)35-19-9-8-17-32(35)41-33(18-12-20-36(41)43)40-29-15-6-7-16-30(29)42(39-26-44-37-21-10-11-22-38(37)45-39)31-24-23-28(25-34(31)40)27-13-4-3-5-14-27;1-39(2)34-17-9-8-15-31(34)38-32(16-10-18-35(38)39)37-29-14-7-6-13-28(29)36(27-22-40-24-41-23-27)30-20-19-26(21-33(30)37)25-11-4-3-5-12-25/h3-31H,1-2H3;3-26H,1-2H3;3-24H,1-2H3. The zero-order valence-corrected chi connectivity index (χ0v) is 77.0. The van der Waals surface area contributed by atoms with E-state index in [4.69, 9.17) is 15.0 Å². The Kier molecular flexibility index (Phi) is 19.6. The zero-order chi connectivity index (χ0) is 91.8. The van der Waals surface area contributed by atoms with Crippen molar-refractivity contribution in [3.63, 3.8) is 0 Å². The molecule has 0 atom stereocenters. The molecule has 646 valence electrons. The lowest BCUT2D eigenvalue weighted by Gasteiger charge is -2.23. The third-order valence-electron chi connectivity index (χ3n) is 29.6. The Morgan fingerprint density at radius 2 is 0.453 bits per heavy atom. The molecule has 0 radical (unpaired) electrons. The number of hydrogen-bond acceptors (Lipinski definition) is 5. The minimum absolute atomic E-state index is 0.0654. The van der Waals surface area contributed by atoms with Crippen molar-refractivity contribution in [1.29, 1.82) is 0 Å². The molecule has 137 heavy (non-hydrogen) atoms. The summed E-state index contributed by atoms with van der Waals surface area (Å²) >= 11 is 0. The molecular weight excluding hydrogens is 1660 g/mol. The lowest BCUT2D eigenvalue weighted by molar-refractivity contribution is 0.660. The van der Waals surface area contributed by atoms with E-state index < -0.39 is 0 Å². The van der Waals surface area contributed by atoms with E-state index in [1.54, 1.807) is 6.33 Å². The molecule has 0 bridgehead atoms. The minimum Gasteiger partial charge on any atom is -0.252 e. The average molecular weight is 1750 g/mol. The average Bonchev–Trinajstić information content (AvgIpc) is 1.66. The Labute approximate surface area is 797 Å². The van der Waals surface area contributed by atoms with Crippen molar-refractivity contribution in [2.75, 3.05) is 0 Å². The van der Waals surface area contributed by atoms with Gasteiger partial charge in [0.05, 0.1) is 34.1 Å². The molecular formula is C132H93N5. The third-order valence-corrected chi connectivity index (χ3v) is 29.6. The van der Waals surface area contributed by atoms with Gasteiger partial charge in [0.15, 0.2) is 0 Å². The van der Waals surface area contributed by atoms with Gasteiger partial charge in [0.2, 0.25) is 0 Å². The van der Waals surface area contributed by atoms with E-state index >= 15 is 0 Å². The molecule has 27 rings (SSSR count). The molecule has 0 saturated carbocycles. The minimum atomic E-state index is -0.0917. The topological polar surface area (TPSA) is 64.5 Å². The molecule has 3 heterocycles. The van der Waals surface area contributed by atoms with Crippen molar-refractivity contribution in [2.24, 2.45) is 0 Å². The Bertz CT molecular complexity index is 9030. The largest absolute Gasteiger partial charge is 0.252 e. The van der Waals surface area contributed by atoms with Crippen LogP contribution in [0.2, 0.25) is 0 Å². The summed E-state index contributed by atoms with van der Waals surface area (Å²) in [4.78, 5) is 24.2. The van der Waals surface area contributed by atoms with Crippen LogP contribution in [0.4, 0.5) is 0 Å². The van der Waals surface area contributed by atoms with E-state index in [1.165, 1.54) is 220 Å². The molecule has 5 nitrogen and oxygen atoms in total. The summed E-state index contributed by atoms with van der Waals surface area (Å²) in [5.74, 6) is 0. The van der Waals surface area contributed by atoms with Crippen LogP contribution in [-0.2, 0) is 16.2 Å². The van der Waals surface area contributed by atoms with Gasteiger partial charge in [-0.1, -0.05) is 430 Å². The van der Waals surface area contributed by atoms with Crippen molar-refractivity contribution < 1.29 is 0 Å². The van der Waals surface area contributed by atoms with E-state index in [0.29, 0.717) is 0 Å². The second-order valence-electron chi connectivity index (χ2n) is 38.3. The fourth-order valence-corrected chi connectivity index (χ4v) is 23.3. The number of nitrogens with zero attached hydrogens (tertiary/aromatic N) is 5. The summed E-state index contributed by atoms with van der Waals surface area (Å²) in [6, 6.07) is 157. The van der Waals surface area contributed by atoms with Gasteiger partial charge in [-0.3, -0.25) is 4.98 Å². The molecule has 0 fully saturated rings. The van der Waals surface area contributed by atoms with E-state index in [2.05, 4.69) is 458 Å². The van der Waals surface area contributed by atoms with Gasteiger partial charge in [-0.05, 0) is 252 Å². The first-order valence-electron chi connectivity index (χ1n) is 47.6. The van der Waals surface area contributed by atoms with E-state index in [9.17, 15) is 0 Å². The Morgan fingerprint density at radius 3 is 0.861 bits per heavy atom. The first kappa shape index (κ1) is 82.0. The molecule has 0 saturated heterocycles. The predicted octanol–water partition coefficient (Wildman–Crippen LogP) is 34.8.